The van der Waals surface area contributed by atoms with Gasteiger partial charge in [-0.3, -0.25) is 14.0 Å². The van der Waals surface area contributed by atoms with Gasteiger partial charge in [0.2, 0.25) is 5.91 Å². The second-order valence-electron chi connectivity index (χ2n) is 8.01. The van der Waals surface area contributed by atoms with Crippen molar-refractivity contribution in [2.75, 3.05) is 51.9 Å². The molecule has 0 spiro atoms. The number of amides is 2. The van der Waals surface area contributed by atoms with Gasteiger partial charge in [-0.1, -0.05) is 12.1 Å². The summed E-state index contributed by atoms with van der Waals surface area (Å²) in [6.45, 7) is 4.85. The minimum absolute atomic E-state index is 0.0735. The number of benzene rings is 1. The van der Waals surface area contributed by atoms with Gasteiger partial charge in [0, 0.05) is 39.5 Å². The minimum atomic E-state index is -0.164. The van der Waals surface area contributed by atoms with E-state index in [1.54, 1.807) is 25.2 Å². The summed E-state index contributed by atoms with van der Waals surface area (Å²) in [4.78, 5) is 33.3. The lowest BCUT2D eigenvalue weighted by Crippen LogP contribution is -2.50. The van der Waals surface area contributed by atoms with E-state index in [2.05, 4.69) is 10.2 Å². The van der Waals surface area contributed by atoms with Crippen LogP contribution in [0.2, 0.25) is 0 Å². The Balaban J connectivity index is 1.68. The minimum Gasteiger partial charge on any atom is -0.497 e. The molecule has 2 amide bonds. The number of rotatable bonds is 8. The van der Waals surface area contributed by atoms with Gasteiger partial charge >= 0.3 is 0 Å². The number of pyridine rings is 1. The van der Waals surface area contributed by atoms with Gasteiger partial charge in [0.1, 0.15) is 17.2 Å². The quantitative estimate of drug-likeness (QED) is 0.563. The number of methoxy groups -OCH3 is 2. The number of aryl methyl sites for hydroxylation is 1. The van der Waals surface area contributed by atoms with Gasteiger partial charge < -0.3 is 24.6 Å². The van der Waals surface area contributed by atoms with Crippen LogP contribution in [0, 0.1) is 6.92 Å². The van der Waals surface area contributed by atoms with Crippen LogP contribution in [-0.2, 0) is 16.1 Å². The Kier molecular flexibility index (Phi) is 6.79. The second kappa shape index (κ2) is 9.91. The predicted molar refractivity (Wildman–Crippen MR) is 125 cm³/mol. The third-order valence-corrected chi connectivity index (χ3v) is 5.73. The van der Waals surface area contributed by atoms with Crippen LogP contribution in [0.5, 0.6) is 5.75 Å². The van der Waals surface area contributed by atoms with Gasteiger partial charge in [0.25, 0.3) is 5.91 Å². The molecule has 0 bridgehead atoms. The summed E-state index contributed by atoms with van der Waals surface area (Å²) >= 11 is 0. The highest BCUT2D eigenvalue weighted by molar-refractivity contribution is 5.97. The van der Waals surface area contributed by atoms with E-state index in [9.17, 15) is 9.59 Å². The number of piperazine rings is 1. The molecule has 1 aliphatic heterocycles. The average Bonchev–Trinajstić information content (AvgIpc) is 3.16. The number of hydrogen-bond donors (Lipinski definition) is 1. The third-order valence-electron chi connectivity index (χ3n) is 5.73. The molecule has 3 heterocycles. The monoisotopic (exact) mass is 451 g/mol. The van der Waals surface area contributed by atoms with Crippen molar-refractivity contribution in [2.24, 2.45) is 0 Å². The number of hydrogen-bond acceptors (Lipinski definition) is 6. The largest absolute Gasteiger partial charge is 0.497 e. The number of ether oxygens (including phenoxy) is 2. The summed E-state index contributed by atoms with van der Waals surface area (Å²) in [6.07, 6.45) is 1.81. The Morgan fingerprint density at radius 2 is 1.97 bits per heavy atom. The molecule has 0 saturated carbocycles. The van der Waals surface area contributed by atoms with Crippen molar-refractivity contribution >= 4 is 23.3 Å². The fourth-order valence-electron chi connectivity index (χ4n) is 4.06. The van der Waals surface area contributed by atoms with Crippen molar-refractivity contribution < 1.29 is 19.1 Å². The van der Waals surface area contributed by atoms with Gasteiger partial charge in [0.15, 0.2) is 0 Å². The smallest absolute Gasteiger partial charge is 0.255 e. The van der Waals surface area contributed by atoms with Gasteiger partial charge in [-0.15, -0.1) is 0 Å². The van der Waals surface area contributed by atoms with Crippen LogP contribution in [0.25, 0.3) is 5.65 Å². The van der Waals surface area contributed by atoms with Crippen LogP contribution in [0.4, 0.5) is 5.82 Å². The lowest BCUT2D eigenvalue weighted by molar-refractivity contribution is -0.123. The Morgan fingerprint density at radius 1 is 1.18 bits per heavy atom. The molecule has 1 aromatic carbocycles. The second-order valence-corrected chi connectivity index (χ2v) is 8.01. The van der Waals surface area contributed by atoms with Crippen LogP contribution in [0.3, 0.4) is 0 Å². The van der Waals surface area contributed by atoms with E-state index < -0.39 is 0 Å². The first-order chi connectivity index (χ1) is 16.0. The molecule has 1 saturated heterocycles. The molecule has 0 atom stereocenters. The molecule has 174 valence electrons. The highest BCUT2D eigenvalue weighted by atomic mass is 16.5. The Hall–Kier alpha value is -3.59. The first kappa shape index (κ1) is 22.6. The summed E-state index contributed by atoms with van der Waals surface area (Å²) in [5, 5.41) is 2.75. The normalized spacial score (nSPS) is 13.8. The van der Waals surface area contributed by atoms with E-state index in [0.717, 1.165) is 28.5 Å². The predicted octanol–water partition coefficient (Wildman–Crippen LogP) is 1.88. The molecule has 1 fully saturated rings. The van der Waals surface area contributed by atoms with Crippen LogP contribution in [-0.4, -0.2) is 73.1 Å². The Morgan fingerprint density at radius 3 is 2.67 bits per heavy atom. The zero-order chi connectivity index (χ0) is 23.4. The van der Waals surface area contributed by atoms with Gasteiger partial charge in [-0.2, -0.15) is 0 Å². The zero-order valence-electron chi connectivity index (χ0n) is 19.2. The molecule has 0 radical (unpaired) electrons. The van der Waals surface area contributed by atoms with E-state index in [1.807, 2.05) is 47.9 Å². The summed E-state index contributed by atoms with van der Waals surface area (Å²) in [6, 6.07) is 11.6. The Bertz CT molecular complexity index is 1140. The Labute approximate surface area is 192 Å². The van der Waals surface area contributed by atoms with Crippen LogP contribution >= 0.6 is 0 Å². The number of anilines is 1. The number of imidazole rings is 1. The molecular weight excluding hydrogens is 422 g/mol. The van der Waals surface area contributed by atoms with Gasteiger partial charge in [0.05, 0.1) is 31.5 Å². The number of nitrogens with zero attached hydrogens (tertiary/aromatic N) is 4. The molecule has 4 rings (SSSR count). The summed E-state index contributed by atoms with van der Waals surface area (Å²) in [5.74, 6) is 1.41. The van der Waals surface area contributed by atoms with Gasteiger partial charge in [-0.05, 0) is 36.8 Å². The first-order valence-corrected chi connectivity index (χ1v) is 10.9. The third kappa shape index (κ3) is 4.93. The average molecular weight is 452 g/mol. The molecule has 9 nitrogen and oxygen atoms in total. The fraction of sp³-hybridized carbons (Fsp3) is 0.375. The van der Waals surface area contributed by atoms with Crippen molar-refractivity contribution in [2.45, 2.75) is 13.5 Å². The van der Waals surface area contributed by atoms with Crippen molar-refractivity contribution in [1.29, 1.82) is 0 Å². The molecule has 3 aromatic rings. The highest BCUT2D eigenvalue weighted by Gasteiger charge is 2.24. The lowest BCUT2D eigenvalue weighted by Gasteiger charge is -2.27. The van der Waals surface area contributed by atoms with Crippen LogP contribution in [0.1, 0.15) is 21.6 Å². The van der Waals surface area contributed by atoms with Crippen molar-refractivity contribution in [3.63, 3.8) is 0 Å². The SMILES string of the molecule is COCCN(Cc1ccc(OC)cc1)c1c(C)nc2ccc(C(=O)N3CCNC(=O)C3)cn12. The number of carbonyl (C=O) groups is 2. The van der Waals surface area contributed by atoms with E-state index in [0.29, 0.717) is 38.3 Å². The van der Waals surface area contributed by atoms with E-state index in [1.165, 1.54) is 0 Å². The fourth-order valence-corrected chi connectivity index (χ4v) is 4.06. The maximum Gasteiger partial charge on any atom is 0.255 e. The highest BCUT2D eigenvalue weighted by Crippen LogP contribution is 2.25. The standard InChI is InChI=1S/C24H29N5O4/c1-17-23(27(12-13-32-2)14-18-4-7-20(33-3)8-5-18)29-15-19(6-9-21(29)26-17)24(31)28-11-10-25-22(30)16-28/h4-9,15H,10-14,16H2,1-3H3,(H,25,30). The van der Waals surface area contributed by atoms with Crippen LogP contribution in [0.15, 0.2) is 42.6 Å². The lowest BCUT2D eigenvalue weighted by atomic mass is 10.2. The van der Waals surface area contributed by atoms with E-state index in [4.69, 9.17) is 14.5 Å². The summed E-state index contributed by atoms with van der Waals surface area (Å²) < 4.78 is 12.6. The number of carbonyl (C=O) groups excluding carboxylic acids is 2. The number of nitrogens with one attached hydrogen (secondary N) is 1. The van der Waals surface area contributed by atoms with Crippen molar-refractivity contribution in [3.8, 4) is 5.75 Å². The number of aromatic nitrogens is 2. The number of fused-ring (bicyclic) bond motifs is 1. The van der Waals surface area contributed by atoms with Crippen molar-refractivity contribution in [3.05, 3.63) is 59.4 Å². The summed E-state index contributed by atoms with van der Waals surface area (Å²) in [7, 11) is 3.33. The van der Waals surface area contributed by atoms with Crippen LogP contribution < -0.4 is 15.0 Å². The maximum absolute atomic E-state index is 13.1. The molecule has 1 N–H and O–H groups in total. The zero-order valence-corrected chi connectivity index (χ0v) is 19.2. The molecule has 33 heavy (non-hydrogen) atoms. The molecule has 9 heteroatoms. The first-order valence-electron chi connectivity index (χ1n) is 10.9. The molecule has 1 aliphatic rings. The summed E-state index contributed by atoms with van der Waals surface area (Å²) in [5.41, 5.74) is 3.26. The maximum atomic E-state index is 13.1. The molecule has 0 unspecified atom stereocenters. The molecule has 0 aliphatic carbocycles. The van der Waals surface area contributed by atoms with Gasteiger partial charge in [-0.25, -0.2) is 4.98 Å². The van der Waals surface area contributed by atoms with E-state index >= 15 is 0 Å². The van der Waals surface area contributed by atoms with Crippen molar-refractivity contribution in [1.82, 2.24) is 19.6 Å². The van der Waals surface area contributed by atoms with E-state index in [-0.39, 0.29) is 18.4 Å². The topological polar surface area (TPSA) is 88.4 Å². The molecule has 2 aromatic heterocycles. The molecular formula is C24H29N5O4.